The van der Waals surface area contributed by atoms with Gasteiger partial charge in [0, 0.05) is 19.3 Å². The molecule has 0 radical (unpaired) electrons. The first kappa shape index (κ1) is 14.0. The molecule has 0 fully saturated rings. The summed E-state index contributed by atoms with van der Waals surface area (Å²) in [5.41, 5.74) is 1.30. The van der Waals surface area contributed by atoms with E-state index in [1.807, 2.05) is 19.1 Å². The van der Waals surface area contributed by atoms with Crippen molar-refractivity contribution in [3.8, 4) is 0 Å². The molecular weight excluding hydrogens is 230 g/mol. The van der Waals surface area contributed by atoms with Crippen molar-refractivity contribution in [2.24, 2.45) is 0 Å². The van der Waals surface area contributed by atoms with Gasteiger partial charge in [0.25, 0.3) is 5.91 Å². The third-order valence-electron chi connectivity index (χ3n) is 2.53. The number of likely N-dealkylation sites (N-methyl/N-ethyl adjacent to an activating group) is 1. The van der Waals surface area contributed by atoms with Crippen molar-refractivity contribution in [3.63, 3.8) is 0 Å². The highest BCUT2D eigenvalue weighted by Gasteiger charge is 2.16. The second-order valence-electron chi connectivity index (χ2n) is 3.89. The average molecular weight is 249 g/mol. The van der Waals surface area contributed by atoms with Crippen LogP contribution in [0.4, 0.5) is 5.69 Å². The maximum Gasteiger partial charge on any atom is 0.254 e. The van der Waals surface area contributed by atoms with E-state index in [4.69, 9.17) is 0 Å². The Bertz CT molecular complexity index is 432. The summed E-state index contributed by atoms with van der Waals surface area (Å²) < 4.78 is 0. The summed E-state index contributed by atoms with van der Waals surface area (Å²) in [5.74, 6) is -0.480. The lowest BCUT2D eigenvalue weighted by Gasteiger charge is -2.14. The molecule has 0 heterocycles. The second-order valence-corrected chi connectivity index (χ2v) is 3.89. The smallest absolute Gasteiger partial charge is 0.254 e. The summed E-state index contributed by atoms with van der Waals surface area (Å²) in [5, 5.41) is 8.26. The molecule has 1 aromatic rings. The number of carbonyl (C=O) groups is 2. The predicted octanol–water partition coefficient (Wildman–Crippen LogP) is 0.983. The lowest BCUT2D eigenvalue weighted by molar-refractivity contribution is -0.122. The highest BCUT2D eigenvalue weighted by atomic mass is 16.2. The van der Waals surface area contributed by atoms with Crippen LogP contribution < -0.4 is 16.0 Å². The Morgan fingerprint density at radius 3 is 2.56 bits per heavy atom. The minimum Gasteiger partial charge on any atom is -0.385 e. The summed E-state index contributed by atoms with van der Waals surface area (Å²) in [4.78, 5) is 23.4. The molecule has 0 aromatic heterocycles. The van der Waals surface area contributed by atoms with E-state index < -0.39 is 6.04 Å². The first-order valence-corrected chi connectivity index (χ1v) is 5.95. The number of carbonyl (C=O) groups excluding carboxylic acids is 2. The molecule has 0 spiro atoms. The van der Waals surface area contributed by atoms with Gasteiger partial charge in [0.2, 0.25) is 5.91 Å². The molecule has 0 saturated heterocycles. The Balaban J connectivity index is 2.81. The van der Waals surface area contributed by atoms with Gasteiger partial charge in [0.05, 0.1) is 5.56 Å². The van der Waals surface area contributed by atoms with Crippen molar-refractivity contribution >= 4 is 17.5 Å². The first-order valence-electron chi connectivity index (χ1n) is 5.95. The molecule has 0 aliphatic carbocycles. The zero-order valence-electron chi connectivity index (χ0n) is 10.9. The third kappa shape index (κ3) is 3.48. The molecule has 0 aliphatic heterocycles. The number of nitrogens with one attached hydrogen (secondary N) is 3. The molecule has 5 nitrogen and oxygen atoms in total. The van der Waals surface area contributed by atoms with Gasteiger partial charge in [-0.25, -0.2) is 0 Å². The minimum atomic E-state index is -0.558. The van der Waals surface area contributed by atoms with E-state index in [0.717, 1.165) is 12.2 Å². The van der Waals surface area contributed by atoms with Crippen LogP contribution in [0.3, 0.4) is 0 Å². The van der Waals surface area contributed by atoms with Gasteiger partial charge in [0.15, 0.2) is 0 Å². The van der Waals surface area contributed by atoms with Crippen molar-refractivity contribution in [1.29, 1.82) is 0 Å². The fourth-order valence-electron chi connectivity index (χ4n) is 1.58. The molecule has 3 N–H and O–H groups in total. The highest BCUT2D eigenvalue weighted by Crippen LogP contribution is 2.14. The Labute approximate surface area is 107 Å². The van der Waals surface area contributed by atoms with E-state index in [1.54, 1.807) is 19.1 Å². The predicted molar refractivity (Wildman–Crippen MR) is 71.6 cm³/mol. The van der Waals surface area contributed by atoms with Gasteiger partial charge in [-0.1, -0.05) is 12.1 Å². The van der Waals surface area contributed by atoms with Crippen LogP contribution >= 0.6 is 0 Å². The van der Waals surface area contributed by atoms with Crippen molar-refractivity contribution < 1.29 is 9.59 Å². The average Bonchev–Trinajstić information content (AvgIpc) is 2.38. The topological polar surface area (TPSA) is 70.2 Å². The molecule has 0 bridgehead atoms. The molecule has 5 heteroatoms. The Kier molecular flexibility index (Phi) is 5.17. The largest absolute Gasteiger partial charge is 0.385 e. The Hall–Kier alpha value is -2.04. The summed E-state index contributed by atoms with van der Waals surface area (Å²) in [7, 11) is 1.54. The van der Waals surface area contributed by atoms with Crippen molar-refractivity contribution in [1.82, 2.24) is 10.6 Å². The summed E-state index contributed by atoms with van der Waals surface area (Å²) in [6.45, 7) is 4.34. The van der Waals surface area contributed by atoms with Gasteiger partial charge in [-0.2, -0.15) is 0 Å². The minimum absolute atomic E-state index is 0.218. The third-order valence-corrected chi connectivity index (χ3v) is 2.53. The van der Waals surface area contributed by atoms with Crippen LogP contribution in [0.25, 0.3) is 0 Å². The van der Waals surface area contributed by atoms with Crippen molar-refractivity contribution in [2.75, 3.05) is 18.9 Å². The van der Waals surface area contributed by atoms with Crippen LogP contribution in [-0.4, -0.2) is 31.4 Å². The molecule has 1 rings (SSSR count). The van der Waals surface area contributed by atoms with Crippen LogP contribution in [0.5, 0.6) is 0 Å². The van der Waals surface area contributed by atoms with Gasteiger partial charge < -0.3 is 16.0 Å². The fourth-order valence-corrected chi connectivity index (χ4v) is 1.58. The second kappa shape index (κ2) is 6.64. The fraction of sp³-hybridized carbons (Fsp3) is 0.385. The number of benzene rings is 1. The summed E-state index contributed by atoms with van der Waals surface area (Å²) in [6.07, 6.45) is 0. The van der Waals surface area contributed by atoms with E-state index in [1.165, 1.54) is 7.05 Å². The number of amides is 2. The zero-order chi connectivity index (χ0) is 13.5. The van der Waals surface area contributed by atoms with Gasteiger partial charge in [-0.15, -0.1) is 0 Å². The molecule has 1 unspecified atom stereocenters. The van der Waals surface area contributed by atoms with Crippen LogP contribution in [0.1, 0.15) is 24.2 Å². The van der Waals surface area contributed by atoms with Crippen LogP contribution in [0, 0.1) is 0 Å². The van der Waals surface area contributed by atoms with Gasteiger partial charge in [0.1, 0.15) is 6.04 Å². The normalized spacial score (nSPS) is 11.5. The van der Waals surface area contributed by atoms with Crippen molar-refractivity contribution in [2.45, 2.75) is 19.9 Å². The Morgan fingerprint density at radius 1 is 1.28 bits per heavy atom. The molecule has 98 valence electrons. The number of rotatable bonds is 5. The monoisotopic (exact) mass is 249 g/mol. The van der Waals surface area contributed by atoms with E-state index in [2.05, 4.69) is 16.0 Å². The van der Waals surface area contributed by atoms with Crippen LogP contribution in [0.2, 0.25) is 0 Å². The lowest BCUT2D eigenvalue weighted by atomic mass is 10.1. The van der Waals surface area contributed by atoms with Crippen LogP contribution in [0.15, 0.2) is 24.3 Å². The molecule has 18 heavy (non-hydrogen) atoms. The highest BCUT2D eigenvalue weighted by molar-refractivity contribution is 6.01. The SMILES string of the molecule is CCNc1ccccc1C(=O)NC(C)C(=O)NC. The van der Waals surface area contributed by atoms with Crippen LogP contribution in [-0.2, 0) is 4.79 Å². The standard InChI is InChI=1S/C13H19N3O2/c1-4-15-11-8-6-5-7-10(11)13(18)16-9(2)12(17)14-3/h5-9,15H,4H2,1-3H3,(H,14,17)(H,16,18). The molecule has 0 saturated carbocycles. The number of hydrogen-bond donors (Lipinski definition) is 3. The molecule has 2 amide bonds. The molecule has 1 atom stereocenters. The number of hydrogen-bond acceptors (Lipinski definition) is 3. The van der Waals surface area contributed by atoms with E-state index in [-0.39, 0.29) is 11.8 Å². The molecule has 0 aliphatic rings. The lowest BCUT2D eigenvalue weighted by Crippen LogP contribution is -2.43. The van der Waals surface area contributed by atoms with Gasteiger partial charge in [-0.3, -0.25) is 9.59 Å². The number of anilines is 1. The van der Waals surface area contributed by atoms with E-state index >= 15 is 0 Å². The zero-order valence-corrected chi connectivity index (χ0v) is 10.9. The Morgan fingerprint density at radius 2 is 1.94 bits per heavy atom. The maximum absolute atomic E-state index is 12.0. The van der Waals surface area contributed by atoms with Crippen molar-refractivity contribution in [3.05, 3.63) is 29.8 Å². The summed E-state index contributed by atoms with van der Waals surface area (Å²) >= 11 is 0. The molecule has 1 aromatic carbocycles. The maximum atomic E-state index is 12.0. The van der Waals surface area contributed by atoms with E-state index in [9.17, 15) is 9.59 Å². The van der Waals surface area contributed by atoms with Gasteiger partial charge in [-0.05, 0) is 26.0 Å². The summed E-state index contributed by atoms with van der Waals surface area (Å²) in [6, 6.07) is 6.65. The molecular formula is C13H19N3O2. The number of para-hydroxylation sites is 1. The first-order chi connectivity index (χ1) is 8.60. The quantitative estimate of drug-likeness (QED) is 0.728. The van der Waals surface area contributed by atoms with Gasteiger partial charge >= 0.3 is 0 Å². The van der Waals surface area contributed by atoms with E-state index in [0.29, 0.717) is 5.56 Å².